The smallest absolute Gasteiger partial charge is 0.465 e. The minimum absolute atomic E-state index is 0.0368. The van der Waals surface area contributed by atoms with Crippen molar-refractivity contribution < 1.29 is 152 Å². The van der Waals surface area contributed by atoms with Crippen LogP contribution in [0.4, 0.5) is 10.5 Å². The molecule has 0 N–H and O–H groups in total. The van der Waals surface area contributed by atoms with E-state index in [2.05, 4.69) is 0 Å². The second kappa shape index (κ2) is 40.5. The SMILES string of the molecule is CC(=O)OC[C@@H]1O[C@@H](Oc2ccc(COC(=O)Oc3ccc([N+](=O)[O-])cc3)cc2)C(C)C(C)[C@@H]1O[C@@H]1OC(CO[C@H]2OC[C@@H](C)[C@H](C)C2OC(C)=O)[C@@H](O[C@@H]2O[C@@H](CO[C@H]3OC[C@@H](C)C(C)C3OC(C)=O)[C@@H](O[C@@H]3OC(CO[C@H]4OC[C@@H](C)[C@H](C)C4OC(C)=O)[C@@H](C)[C@H](C)C3OC(C)=O)[C@H](C)C2OC(C)=O)[C@H](C)C1OC(C)=O. The summed E-state index contributed by atoms with van der Waals surface area (Å²) in [5.74, 6) is -8.69. The summed E-state index contributed by atoms with van der Waals surface area (Å²) >= 11 is 0. The number of hydrogen-bond acceptors (Lipinski definition) is 33. The van der Waals surface area contributed by atoms with E-state index in [-0.39, 0.29) is 92.5 Å². The number of carbonyl (C=O) groups excluding carboxylic acids is 8. The van der Waals surface area contributed by atoms with E-state index in [1.54, 1.807) is 38.1 Å². The average Bonchev–Trinajstić information content (AvgIpc) is 0.762. The minimum Gasteiger partial charge on any atom is -0.465 e. The van der Waals surface area contributed by atoms with Gasteiger partial charge in [0.25, 0.3) is 5.69 Å². The van der Waals surface area contributed by atoms with Gasteiger partial charge in [0, 0.05) is 102 Å². The van der Waals surface area contributed by atoms with Gasteiger partial charge < -0.3 is 109 Å². The summed E-state index contributed by atoms with van der Waals surface area (Å²) in [6.07, 6.45) is -24.1. The van der Waals surface area contributed by atoms with Crippen LogP contribution in [0.5, 0.6) is 11.5 Å². The summed E-state index contributed by atoms with van der Waals surface area (Å²) in [5, 5.41) is 11.1. The summed E-state index contributed by atoms with van der Waals surface area (Å²) in [4.78, 5) is 114. The highest BCUT2D eigenvalue weighted by atomic mass is 16.8. The van der Waals surface area contributed by atoms with Crippen molar-refractivity contribution in [3.63, 3.8) is 0 Å². The van der Waals surface area contributed by atoms with Gasteiger partial charge in [-0.05, 0) is 59.4 Å². The van der Waals surface area contributed by atoms with Crippen LogP contribution in [0, 0.1) is 81.1 Å². The summed E-state index contributed by atoms with van der Waals surface area (Å²) in [7, 11) is 0. The van der Waals surface area contributed by atoms with Gasteiger partial charge in [-0.15, -0.1) is 0 Å². The highest BCUT2D eigenvalue weighted by Crippen LogP contribution is 2.45. The maximum absolute atomic E-state index is 13.7. The van der Waals surface area contributed by atoms with Crippen molar-refractivity contribution in [2.45, 2.75) is 262 Å². The van der Waals surface area contributed by atoms with E-state index in [0.717, 1.165) is 0 Å². The van der Waals surface area contributed by atoms with Crippen LogP contribution in [0.15, 0.2) is 48.5 Å². The van der Waals surface area contributed by atoms with Crippen LogP contribution in [0.3, 0.4) is 0 Å². The van der Waals surface area contributed by atoms with Gasteiger partial charge in [0.1, 0.15) is 43.0 Å². The number of carbonyl (C=O) groups is 8. The largest absolute Gasteiger partial charge is 0.514 e. The average molecular weight is 1600 g/mol. The lowest BCUT2D eigenvalue weighted by molar-refractivity contribution is -0.384. The summed E-state index contributed by atoms with van der Waals surface area (Å²) in [5.41, 5.74) is 0.364. The van der Waals surface area contributed by atoms with Gasteiger partial charge in [0.15, 0.2) is 74.4 Å². The third kappa shape index (κ3) is 23.5. The molecule has 2 aromatic carbocycles. The van der Waals surface area contributed by atoms with Gasteiger partial charge in [0.2, 0.25) is 6.29 Å². The van der Waals surface area contributed by atoms with Crippen LogP contribution < -0.4 is 9.47 Å². The predicted octanol–water partition coefficient (Wildman–Crippen LogP) is 8.65. The number of nitro groups is 1. The van der Waals surface area contributed by atoms with Crippen molar-refractivity contribution >= 4 is 53.6 Å². The quantitative estimate of drug-likeness (QED) is 0.0241. The Morgan fingerprint density at radius 1 is 0.354 bits per heavy atom. The minimum atomic E-state index is -1.60. The maximum atomic E-state index is 13.7. The van der Waals surface area contributed by atoms with Crippen molar-refractivity contribution in [1.82, 2.24) is 0 Å². The van der Waals surface area contributed by atoms with E-state index in [4.69, 9.17) is 109 Å². The number of nitrogens with zero attached hydrogens (tertiary/aromatic N) is 1. The first kappa shape index (κ1) is 89.6. The molecule has 9 rings (SSSR count). The van der Waals surface area contributed by atoms with Gasteiger partial charge in [-0.1, -0.05) is 95.2 Å². The van der Waals surface area contributed by atoms with Crippen LogP contribution in [0.2, 0.25) is 0 Å². The molecule has 2 aromatic rings. The molecule has 0 spiro atoms. The molecule has 7 aliphatic rings. The lowest BCUT2D eigenvalue weighted by atomic mass is 9.83. The van der Waals surface area contributed by atoms with Gasteiger partial charge in [-0.3, -0.25) is 43.7 Å². The van der Waals surface area contributed by atoms with E-state index in [0.29, 0.717) is 17.9 Å². The van der Waals surface area contributed by atoms with Gasteiger partial charge >= 0.3 is 47.9 Å². The third-order valence-electron chi connectivity index (χ3n) is 22.7. The highest BCUT2D eigenvalue weighted by molar-refractivity contribution is 5.68. The van der Waals surface area contributed by atoms with Crippen molar-refractivity contribution in [3.8, 4) is 11.5 Å². The van der Waals surface area contributed by atoms with Crippen molar-refractivity contribution in [3.05, 3.63) is 64.2 Å². The van der Waals surface area contributed by atoms with Crippen molar-refractivity contribution in [2.75, 3.05) is 46.2 Å². The first-order chi connectivity index (χ1) is 53.5. The zero-order chi connectivity index (χ0) is 82.6. The van der Waals surface area contributed by atoms with Gasteiger partial charge in [-0.2, -0.15) is 0 Å². The molecule has 0 saturated carbocycles. The topological polar surface area (TPSA) is 392 Å². The molecule has 34 nitrogen and oxygen atoms in total. The fraction of sp³-hybridized carbons (Fsp3) is 0.747. The van der Waals surface area contributed by atoms with Crippen LogP contribution in [-0.4, -0.2) is 222 Å². The molecule has 0 radical (unpaired) electrons. The zero-order valence-corrected chi connectivity index (χ0v) is 67.7. The molecular formula is C79H113NO33. The highest BCUT2D eigenvalue weighted by Gasteiger charge is 2.58. The predicted molar refractivity (Wildman–Crippen MR) is 387 cm³/mol. The molecule has 32 atom stereocenters. The van der Waals surface area contributed by atoms with Gasteiger partial charge in [0.05, 0.1) is 69.0 Å². The van der Waals surface area contributed by atoms with Crippen molar-refractivity contribution in [1.29, 1.82) is 0 Å². The Kier molecular flexibility index (Phi) is 32.1. The first-order valence-electron chi connectivity index (χ1n) is 38.8. The van der Waals surface area contributed by atoms with Crippen LogP contribution in [-0.2, 0) is 140 Å². The lowest BCUT2D eigenvalue weighted by Crippen LogP contribution is -2.65. The Morgan fingerprint density at radius 3 is 1.06 bits per heavy atom. The molecule has 0 aromatic heterocycles. The Labute approximate surface area is 657 Å². The third-order valence-corrected chi connectivity index (χ3v) is 22.7. The molecule has 34 heteroatoms. The molecule has 7 saturated heterocycles. The lowest BCUT2D eigenvalue weighted by Gasteiger charge is -2.52. The monoisotopic (exact) mass is 1600 g/mol. The summed E-state index contributed by atoms with van der Waals surface area (Å²) < 4.78 is 146. The molecular weight excluding hydrogens is 1490 g/mol. The number of non-ortho nitro benzene ring substituents is 1. The maximum Gasteiger partial charge on any atom is 0.514 e. The number of benzene rings is 2. The van der Waals surface area contributed by atoms with Crippen LogP contribution in [0.25, 0.3) is 0 Å². The standard InChI is InChI=1S/C79H113NO33/c1-36-28-92-73(66(39(36)4)99-49(14)82)95-32-59-42(7)43(8)69(102-52(17)85)76(107-59)112-64-46(11)71(104-54(19)87)78(110-61(64)34-96-74-67(100-50(15)83)40(5)37(2)29-93-74)113-65-47(12)70(103-53(18)86)77(109-62(65)35-97-75-68(101-51(16)84)41(6)38(3)30-94-75)111-63-44(9)45(10)72(108-60(63)33-91-48(13)81)105-57-24-20-55(21-25-57)31-98-79(88)106-58-26-22-56(23-27-58)80(89)90/h20-27,36-47,59-78H,28-35H2,1-19H3/t36-,37-,38-,39+,40?,41+,42+,43+,44?,45?,46+,47+,59?,60+,61+,62?,63+,64+,65+,66?,67?,68?,69?,70?,71?,72-,73-,74-,75-,76+,77+,78+/m1/s1. The number of hydrogen-bond donors (Lipinski definition) is 0. The number of ether oxygens (including phenoxy) is 23. The van der Waals surface area contributed by atoms with E-state index in [9.17, 15) is 48.5 Å². The second-order valence-electron chi connectivity index (χ2n) is 31.1. The van der Waals surface area contributed by atoms with E-state index < -0.39 is 212 Å². The molecule has 7 fully saturated rings. The Hall–Kier alpha value is -7.32. The Balaban J connectivity index is 1.03. The molecule has 7 heterocycles. The first-order valence-corrected chi connectivity index (χ1v) is 38.8. The number of esters is 7. The number of rotatable bonds is 29. The fourth-order valence-electron chi connectivity index (χ4n) is 15.1. The molecule has 632 valence electrons. The molecule has 0 aliphatic carbocycles. The van der Waals surface area contributed by atoms with E-state index >= 15 is 0 Å². The second-order valence-corrected chi connectivity index (χ2v) is 31.1. The van der Waals surface area contributed by atoms with Gasteiger partial charge in [-0.25, -0.2) is 4.79 Å². The summed E-state index contributed by atoms with van der Waals surface area (Å²) in [6, 6.07) is 11.5. The van der Waals surface area contributed by atoms with E-state index in [1.165, 1.54) is 72.7 Å². The molecule has 113 heavy (non-hydrogen) atoms. The molecule has 11 unspecified atom stereocenters. The number of nitro benzene ring substituents is 1. The van der Waals surface area contributed by atoms with Crippen LogP contribution in [0.1, 0.15) is 137 Å². The Morgan fingerprint density at radius 2 is 0.681 bits per heavy atom. The Bertz CT molecular complexity index is 3510. The zero-order valence-electron chi connectivity index (χ0n) is 67.7. The molecule has 0 amide bonds. The normalized spacial score (nSPS) is 37.9. The van der Waals surface area contributed by atoms with Crippen LogP contribution >= 0.6 is 0 Å². The molecule has 7 aliphatic heterocycles. The van der Waals surface area contributed by atoms with E-state index in [1.807, 2.05) is 69.2 Å². The van der Waals surface area contributed by atoms with Crippen molar-refractivity contribution in [2.24, 2.45) is 71.0 Å². The summed E-state index contributed by atoms with van der Waals surface area (Å²) in [6.45, 7) is 30.7. The fourth-order valence-corrected chi connectivity index (χ4v) is 15.1. The molecule has 0 bridgehead atoms.